The van der Waals surface area contributed by atoms with E-state index in [0.717, 1.165) is 13.1 Å². The minimum absolute atomic E-state index is 0.193. The quantitative estimate of drug-likeness (QED) is 0.896. The van der Waals surface area contributed by atoms with Gasteiger partial charge in [0.25, 0.3) is 0 Å². The molecule has 0 fully saturated rings. The van der Waals surface area contributed by atoms with Crippen LogP contribution in [0, 0.1) is 6.92 Å². The zero-order valence-electron chi connectivity index (χ0n) is 10.6. The van der Waals surface area contributed by atoms with Crippen LogP contribution < -0.4 is 0 Å². The molecular weight excluding hydrogens is 303 g/mol. The van der Waals surface area contributed by atoms with Gasteiger partial charge >= 0.3 is 12.1 Å². The molecule has 0 aliphatic carbocycles. The van der Waals surface area contributed by atoms with Crippen molar-refractivity contribution in [3.63, 3.8) is 0 Å². The molecule has 0 aliphatic heterocycles. The maximum atomic E-state index is 12.1. The molecule has 0 saturated carbocycles. The van der Waals surface area contributed by atoms with Crippen LogP contribution in [0.1, 0.15) is 22.7 Å². The van der Waals surface area contributed by atoms with Crippen molar-refractivity contribution in [2.45, 2.75) is 24.4 Å². The lowest BCUT2D eigenvalue weighted by Crippen LogP contribution is -2.30. The summed E-state index contributed by atoms with van der Waals surface area (Å²) in [5.74, 6) is -2.25. The number of hydrogen-bond acceptors (Lipinski definition) is 4. The Kier molecular flexibility index (Phi) is 4.49. The molecule has 0 aliphatic rings. The summed E-state index contributed by atoms with van der Waals surface area (Å²) < 4.78 is 65.5. The van der Waals surface area contributed by atoms with Gasteiger partial charge in [-0.25, -0.2) is 17.5 Å². The van der Waals surface area contributed by atoms with Crippen LogP contribution >= 0.6 is 0 Å². The lowest BCUT2D eigenvalue weighted by atomic mass is 10.4. The van der Waals surface area contributed by atoms with Crippen molar-refractivity contribution in [2.75, 3.05) is 13.6 Å². The third kappa shape index (κ3) is 3.73. The van der Waals surface area contributed by atoms with Crippen LogP contribution in [-0.2, 0) is 10.0 Å². The molecule has 1 aromatic rings. The van der Waals surface area contributed by atoms with Gasteiger partial charge in [-0.1, -0.05) is 0 Å². The molecule has 0 bridgehead atoms. The lowest BCUT2D eigenvalue weighted by molar-refractivity contribution is -0.135. The SMILES string of the molecule is Cc1oc(C(=O)O)cc1S(=O)(=O)N(C)CCC(F)(F)F. The van der Waals surface area contributed by atoms with Crippen molar-refractivity contribution >= 4 is 16.0 Å². The van der Waals surface area contributed by atoms with Crippen molar-refractivity contribution in [2.24, 2.45) is 0 Å². The number of sulfonamides is 1. The van der Waals surface area contributed by atoms with E-state index in [1.54, 1.807) is 0 Å². The number of nitrogens with zero attached hydrogens (tertiary/aromatic N) is 1. The largest absolute Gasteiger partial charge is 0.475 e. The average Bonchev–Trinajstić information content (AvgIpc) is 2.67. The summed E-state index contributed by atoms with van der Waals surface area (Å²) in [6.07, 6.45) is -5.78. The number of carboxylic acid groups (broad SMARTS) is 1. The van der Waals surface area contributed by atoms with Gasteiger partial charge in [0.1, 0.15) is 10.7 Å². The second-order valence-electron chi connectivity index (χ2n) is 4.03. The molecule has 0 spiro atoms. The highest BCUT2D eigenvalue weighted by atomic mass is 32.2. The molecule has 6 nitrogen and oxygen atoms in total. The van der Waals surface area contributed by atoms with Gasteiger partial charge in [0.05, 0.1) is 6.42 Å². The van der Waals surface area contributed by atoms with E-state index in [2.05, 4.69) is 0 Å². The number of rotatable bonds is 5. The minimum Gasteiger partial charge on any atom is -0.475 e. The van der Waals surface area contributed by atoms with Gasteiger partial charge in [-0.3, -0.25) is 0 Å². The van der Waals surface area contributed by atoms with Gasteiger partial charge in [0.15, 0.2) is 0 Å². The van der Waals surface area contributed by atoms with Crippen LogP contribution in [0.4, 0.5) is 13.2 Å². The molecule has 0 aromatic carbocycles. The molecule has 0 radical (unpaired) electrons. The normalized spacial score (nSPS) is 12.9. The first-order valence-electron chi connectivity index (χ1n) is 5.32. The first-order valence-corrected chi connectivity index (χ1v) is 6.76. The molecule has 114 valence electrons. The Bertz CT molecular complexity index is 605. The second kappa shape index (κ2) is 5.44. The van der Waals surface area contributed by atoms with E-state index in [1.807, 2.05) is 0 Å². The Balaban J connectivity index is 3.01. The average molecular weight is 315 g/mol. The van der Waals surface area contributed by atoms with Gasteiger partial charge in [-0.2, -0.15) is 13.2 Å². The standard InChI is InChI=1S/C10H12F3NO5S/c1-6-8(5-7(19-6)9(15)16)20(17,18)14(2)4-3-10(11,12)13/h5H,3-4H2,1-2H3,(H,15,16). The summed E-state index contributed by atoms with van der Waals surface area (Å²) in [6, 6.07) is 0.775. The van der Waals surface area contributed by atoms with Crippen LogP contribution in [0.3, 0.4) is 0 Å². The van der Waals surface area contributed by atoms with Crippen molar-refractivity contribution in [1.29, 1.82) is 0 Å². The Morgan fingerprint density at radius 3 is 2.40 bits per heavy atom. The zero-order chi connectivity index (χ0) is 15.7. The fourth-order valence-corrected chi connectivity index (χ4v) is 2.73. The number of halogens is 3. The molecule has 10 heteroatoms. The minimum atomic E-state index is -4.48. The first kappa shape index (κ1) is 16.5. The molecule has 1 rings (SSSR count). The van der Waals surface area contributed by atoms with Crippen LogP contribution in [0.25, 0.3) is 0 Å². The van der Waals surface area contributed by atoms with E-state index >= 15 is 0 Å². The Labute approximate surface area is 112 Å². The third-order valence-electron chi connectivity index (χ3n) is 2.48. The number of hydrogen-bond donors (Lipinski definition) is 1. The van der Waals surface area contributed by atoms with Crippen molar-refractivity contribution in [3.05, 3.63) is 17.6 Å². The summed E-state index contributed by atoms with van der Waals surface area (Å²) in [7, 11) is -3.25. The molecule has 20 heavy (non-hydrogen) atoms. The molecule has 1 N–H and O–H groups in total. The van der Waals surface area contributed by atoms with Gasteiger partial charge in [-0.05, 0) is 6.92 Å². The van der Waals surface area contributed by atoms with E-state index in [-0.39, 0.29) is 5.76 Å². The third-order valence-corrected chi connectivity index (χ3v) is 4.45. The number of aromatic carboxylic acids is 1. The van der Waals surface area contributed by atoms with Crippen LogP contribution in [0.5, 0.6) is 0 Å². The highest BCUT2D eigenvalue weighted by Crippen LogP contribution is 2.25. The number of alkyl halides is 3. The first-order chi connectivity index (χ1) is 8.95. The summed E-state index contributed by atoms with van der Waals surface area (Å²) in [4.78, 5) is 10.2. The predicted molar refractivity (Wildman–Crippen MR) is 60.9 cm³/mol. The van der Waals surface area contributed by atoms with Crippen molar-refractivity contribution in [1.82, 2.24) is 4.31 Å². The molecule has 0 atom stereocenters. The van der Waals surface area contributed by atoms with E-state index in [0.29, 0.717) is 4.31 Å². The monoisotopic (exact) mass is 315 g/mol. The molecular formula is C10H12F3NO5S. The Morgan fingerprint density at radius 2 is 2.00 bits per heavy atom. The zero-order valence-corrected chi connectivity index (χ0v) is 11.4. The molecule has 1 aromatic heterocycles. The van der Waals surface area contributed by atoms with Crippen LogP contribution in [0.2, 0.25) is 0 Å². The van der Waals surface area contributed by atoms with E-state index < -0.39 is 45.8 Å². The Morgan fingerprint density at radius 1 is 1.45 bits per heavy atom. The number of furan rings is 1. The summed E-state index contributed by atoms with van der Waals surface area (Å²) in [5, 5.41) is 8.69. The van der Waals surface area contributed by atoms with Gasteiger partial charge in [0, 0.05) is 19.7 Å². The van der Waals surface area contributed by atoms with E-state index in [4.69, 9.17) is 9.52 Å². The molecule has 0 unspecified atom stereocenters. The predicted octanol–water partition coefficient (Wildman–Crippen LogP) is 1.86. The maximum absolute atomic E-state index is 12.1. The summed E-state index contributed by atoms with van der Waals surface area (Å²) >= 11 is 0. The van der Waals surface area contributed by atoms with Gasteiger partial charge in [-0.15, -0.1) is 0 Å². The number of carbonyl (C=O) groups is 1. The van der Waals surface area contributed by atoms with Crippen LogP contribution in [0.15, 0.2) is 15.4 Å². The lowest BCUT2D eigenvalue weighted by Gasteiger charge is -2.17. The van der Waals surface area contributed by atoms with Crippen molar-refractivity contribution in [3.8, 4) is 0 Å². The topological polar surface area (TPSA) is 87.8 Å². The van der Waals surface area contributed by atoms with E-state index in [1.165, 1.54) is 6.92 Å². The highest BCUT2D eigenvalue weighted by molar-refractivity contribution is 7.89. The second-order valence-corrected chi connectivity index (χ2v) is 6.04. The summed E-state index contributed by atoms with van der Waals surface area (Å²) in [6.45, 7) is 0.454. The van der Waals surface area contributed by atoms with Gasteiger partial charge < -0.3 is 9.52 Å². The molecule has 0 saturated heterocycles. The Hall–Kier alpha value is -1.55. The number of carboxylic acids is 1. The van der Waals surface area contributed by atoms with Crippen LogP contribution in [-0.4, -0.2) is 43.6 Å². The fourth-order valence-electron chi connectivity index (χ4n) is 1.40. The highest BCUT2D eigenvalue weighted by Gasteiger charge is 2.32. The molecule has 1 heterocycles. The van der Waals surface area contributed by atoms with E-state index in [9.17, 15) is 26.4 Å². The fraction of sp³-hybridized carbons (Fsp3) is 0.500. The smallest absolute Gasteiger partial charge is 0.390 e. The number of aryl methyl sites for hydroxylation is 1. The molecule has 0 amide bonds. The van der Waals surface area contributed by atoms with Crippen molar-refractivity contribution < 1.29 is 35.9 Å². The van der Waals surface area contributed by atoms with Gasteiger partial charge in [0.2, 0.25) is 15.8 Å². The summed E-state index contributed by atoms with van der Waals surface area (Å²) in [5.41, 5.74) is 0. The maximum Gasteiger partial charge on any atom is 0.390 e.